The first-order valence-corrected chi connectivity index (χ1v) is 10.2. The molecular weight excluding hydrogens is 461 g/mol. The maximum absolute atomic E-state index is 6.15. The Kier molecular flexibility index (Phi) is 10.3. The Bertz CT molecular complexity index is 1120. The van der Waals surface area contributed by atoms with Crippen molar-refractivity contribution in [1.29, 1.82) is 0 Å². The van der Waals surface area contributed by atoms with Gasteiger partial charge in [0.25, 0.3) is 0 Å². The van der Waals surface area contributed by atoms with E-state index in [1.165, 1.54) is 0 Å². The van der Waals surface area contributed by atoms with Gasteiger partial charge in [0, 0.05) is 28.8 Å². The third-order valence-electron chi connectivity index (χ3n) is 4.47. The molecule has 1 heterocycles. The largest absolute Gasteiger partial charge is 0.496 e. The van der Waals surface area contributed by atoms with Gasteiger partial charge in [-0.2, -0.15) is 0 Å². The number of ether oxygens (including phenoxy) is 1. The van der Waals surface area contributed by atoms with Gasteiger partial charge in [0.1, 0.15) is 23.1 Å². The smallest absolute Gasteiger partial charge is 0.128 e. The first-order valence-electron chi connectivity index (χ1n) is 10.2. The van der Waals surface area contributed by atoms with Crippen molar-refractivity contribution in [3.05, 3.63) is 59.8 Å². The summed E-state index contributed by atoms with van der Waals surface area (Å²) < 4.78 is 7.22. The quantitative estimate of drug-likeness (QED) is 0.382. The molecule has 0 bridgehead atoms. The number of nitrogens with zero attached hydrogens (tertiary/aromatic N) is 5. The van der Waals surface area contributed by atoms with Crippen molar-refractivity contribution >= 4 is 36.5 Å². The predicted octanol–water partition coefficient (Wildman–Crippen LogP) is 4.01. The van der Waals surface area contributed by atoms with Crippen molar-refractivity contribution in [2.75, 3.05) is 7.11 Å². The Morgan fingerprint density at radius 1 is 0.909 bits per heavy atom. The van der Waals surface area contributed by atoms with E-state index in [0.717, 1.165) is 22.4 Å². The molecule has 2 aromatic carbocycles. The van der Waals surface area contributed by atoms with Crippen LogP contribution in [0.4, 0.5) is 0 Å². The SMILES string of the molecule is COc1ccc(C(N)=NC(C)C)cc1-c1cn(-c2cccc(C(N)=NC(C)C)c2)nn1.Cl.Cl. The van der Waals surface area contributed by atoms with E-state index < -0.39 is 0 Å². The van der Waals surface area contributed by atoms with Crippen LogP contribution in [0, 0.1) is 0 Å². The molecule has 178 valence electrons. The van der Waals surface area contributed by atoms with Gasteiger partial charge in [-0.15, -0.1) is 29.9 Å². The highest BCUT2D eigenvalue weighted by Crippen LogP contribution is 2.30. The van der Waals surface area contributed by atoms with Gasteiger partial charge in [-0.05, 0) is 58.0 Å². The van der Waals surface area contributed by atoms with E-state index in [1.807, 2.05) is 76.4 Å². The molecule has 3 aromatic rings. The van der Waals surface area contributed by atoms with Crippen LogP contribution in [0.2, 0.25) is 0 Å². The topological polar surface area (TPSA) is 117 Å². The lowest BCUT2D eigenvalue weighted by molar-refractivity contribution is 0.416. The Morgan fingerprint density at radius 3 is 2.09 bits per heavy atom. The molecule has 0 saturated carbocycles. The number of hydrogen-bond acceptors (Lipinski definition) is 5. The first kappa shape index (κ1) is 27.9. The number of amidine groups is 2. The number of rotatable bonds is 7. The molecule has 4 N–H and O–H groups in total. The molecule has 10 heteroatoms. The standard InChI is InChI=1S/C23H29N7O.2ClH/c1-14(2)26-22(24)16-7-6-8-18(11-16)30-13-20(28-29-30)19-12-17(9-10-21(19)31-5)23(25)27-15(3)4;;/h6-15H,1-5H3,(H2,24,26)(H2,25,27);2*1H. The summed E-state index contributed by atoms with van der Waals surface area (Å²) in [5.41, 5.74) is 16.2. The van der Waals surface area contributed by atoms with Gasteiger partial charge in [0.15, 0.2) is 0 Å². The fourth-order valence-corrected chi connectivity index (χ4v) is 3.09. The Balaban J connectivity index is 0.00000272. The summed E-state index contributed by atoms with van der Waals surface area (Å²) >= 11 is 0. The lowest BCUT2D eigenvalue weighted by Gasteiger charge is -2.09. The zero-order chi connectivity index (χ0) is 22.5. The average molecular weight is 492 g/mol. The van der Waals surface area contributed by atoms with Gasteiger partial charge in [0.2, 0.25) is 0 Å². The van der Waals surface area contributed by atoms with Gasteiger partial charge < -0.3 is 16.2 Å². The monoisotopic (exact) mass is 491 g/mol. The fourth-order valence-electron chi connectivity index (χ4n) is 3.09. The molecule has 33 heavy (non-hydrogen) atoms. The molecule has 1 aromatic heterocycles. The van der Waals surface area contributed by atoms with Crippen LogP contribution in [0.1, 0.15) is 38.8 Å². The van der Waals surface area contributed by atoms with E-state index in [-0.39, 0.29) is 36.9 Å². The molecule has 0 aliphatic heterocycles. The zero-order valence-corrected chi connectivity index (χ0v) is 21.0. The molecule has 8 nitrogen and oxygen atoms in total. The van der Waals surface area contributed by atoms with Crippen molar-refractivity contribution < 1.29 is 4.74 Å². The Morgan fingerprint density at radius 2 is 1.52 bits per heavy atom. The minimum Gasteiger partial charge on any atom is -0.496 e. The lowest BCUT2D eigenvalue weighted by atomic mass is 10.1. The van der Waals surface area contributed by atoms with Crippen LogP contribution < -0.4 is 16.2 Å². The van der Waals surface area contributed by atoms with Crippen molar-refractivity contribution in [2.24, 2.45) is 21.5 Å². The second kappa shape index (κ2) is 12.2. The van der Waals surface area contributed by atoms with Crippen molar-refractivity contribution in [2.45, 2.75) is 39.8 Å². The minimum atomic E-state index is 0. The van der Waals surface area contributed by atoms with E-state index in [1.54, 1.807) is 11.8 Å². The second-order valence-electron chi connectivity index (χ2n) is 7.73. The zero-order valence-electron chi connectivity index (χ0n) is 19.4. The Labute approximate surface area is 207 Å². The van der Waals surface area contributed by atoms with Crippen molar-refractivity contribution in [3.8, 4) is 22.7 Å². The molecule has 3 rings (SSSR count). The normalized spacial score (nSPS) is 11.8. The number of benzene rings is 2. The predicted molar refractivity (Wildman–Crippen MR) is 140 cm³/mol. The number of methoxy groups -OCH3 is 1. The van der Waals surface area contributed by atoms with E-state index in [0.29, 0.717) is 23.1 Å². The van der Waals surface area contributed by atoms with E-state index in [2.05, 4.69) is 20.3 Å². The molecule has 0 spiro atoms. The maximum Gasteiger partial charge on any atom is 0.128 e. The van der Waals surface area contributed by atoms with Gasteiger partial charge in [0.05, 0.1) is 19.0 Å². The molecule has 0 saturated heterocycles. The summed E-state index contributed by atoms with van der Waals surface area (Å²) in [6.45, 7) is 7.94. The van der Waals surface area contributed by atoms with Crippen LogP contribution in [0.5, 0.6) is 5.75 Å². The highest BCUT2D eigenvalue weighted by molar-refractivity contribution is 5.99. The summed E-state index contributed by atoms with van der Waals surface area (Å²) in [6, 6.07) is 13.6. The van der Waals surface area contributed by atoms with Crippen LogP contribution >= 0.6 is 24.8 Å². The molecule has 0 fully saturated rings. The Hall–Kier alpha value is -3.10. The fraction of sp³-hybridized carbons (Fsp3) is 0.304. The van der Waals surface area contributed by atoms with Crippen molar-refractivity contribution in [1.82, 2.24) is 15.0 Å². The third kappa shape index (κ3) is 6.94. The molecule has 0 unspecified atom stereocenters. The van der Waals surface area contributed by atoms with Crippen LogP contribution in [-0.2, 0) is 0 Å². The second-order valence-corrected chi connectivity index (χ2v) is 7.73. The minimum absolute atomic E-state index is 0. The summed E-state index contributed by atoms with van der Waals surface area (Å²) in [5.74, 6) is 1.64. The van der Waals surface area contributed by atoms with E-state index in [4.69, 9.17) is 16.2 Å². The average Bonchev–Trinajstić information content (AvgIpc) is 3.22. The van der Waals surface area contributed by atoms with Crippen LogP contribution in [0.3, 0.4) is 0 Å². The number of halogens is 2. The molecule has 0 atom stereocenters. The van der Waals surface area contributed by atoms with Crippen LogP contribution in [0.25, 0.3) is 16.9 Å². The highest BCUT2D eigenvalue weighted by atomic mass is 35.5. The van der Waals surface area contributed by atoms with Gasteiger partial charge in [-0.3, -0.25) is 9.98 Å². The van der Waals surface area contributed by atoms with E-state index >= 15 is 0 Å². The van der Waals surface area contributed by atoms with Gasteiger partial charge in [-0.1, -0.05) is 17.3 Å². The summed E-state index contributed by atoms with van der Waals surface area (Å²) in [4.78, 5) is 8.84. The molecule has 0 aliphatic carbocycles. The summed E-state index contributed by atoms with van der Waals surface area (Å²) in [7, 11) is 1.62. The van der Waals surface area contributed by atoms with Crippen LogP contribution in [0.15, 0.2) is 58.6 Å². The van der Waals surface area contributed by atoms with E-state index in [9.17, 15) is 0 Å². The maximum atomic E-state index is 6.15. The number of aliphatic imine (C=N–C) groups is 2. The molecule has 0 amide bonds. The van der Waals surface area contributed by atoms with Gasteiger partial charge >= 0.3 is 0 Å². The summed E-state index contributed by atoms with van der Waals surface area (Å²) in [5, 5.41) is 8.64. The summed E-state index contributed by atoms with van der Waals surface area (Å²) in [6.07, 6.45) is 1.84. The number of nitrogens with two attached hydrogens (primary N) is 2. The molecule has 0 radical (unpaired) electrons. The molecular formula is C23H31Cl2N7O. The molecule has 0 aliphatic rings. The first-order chi connectivity index (χ1) is 14.8. The number of hydrogen-bond donors (Lipinski definition) is 2. The third-order valence-corrected chi connectivity index (χ3v) is 4.47. The number of aromatic nitrogens is 3. The lowest BCUT2D eigenvalue weighted by Crippen LogP contribution is -2.16. The van der Waals surface area contributed by atoms with Gasteiger partial charge in [-0.25, -0.2) is 4.68 Å². The highest BCUT2D eigenvalue weighted by Gasteiger charge is 2.14. The van der Waals surface area contributed by atoms with Crippen LogP contribution in [-0.4, -0.2) is 45.9 Å². The van der Waals surface area contributed by atoms with Crippen molar-refractivity contribution in [3.63, 3.8) is 0 Å².